The van der Waals surface area contributed by atoms with Gasteiger partial charge >= 0.3 is 12.4 Å². The average Bonchev–Trinajstić information content (AvgIpc) is 3.61. The van der Waals surface area contributed by atoms with E-state index in [2.05, 4.69) is 14.8 Å². The van der Waals surface area contributed by atoms with Gasteiger partial charge in [0.05, 0.1) is 22.2 Å². The number of rotatable bonds is 6. The van der Waals surface area contributed by atoms with Gasteiger partial charge in [-0.15, -0.1) is 0 Å². The fourth-order valence-corrected chi connectivity index (χ4v) is 7.90. The molecule has 2 aliphatic rings. The van der Waals surface area contributed by atoms with Crippen molar-refractivity contribution in [3.8, 4) is 0 Å². The highest BCUT2D eigenvalue weighted by Gasteiger charge is 2.37. The van der Waals surface area contributed by atoms with Crippen LogP contribution in [-0.4, -0.2) is 51.1 Å². The summed E-state index contributed by atoms with van der Waals surface area (Å²) in [5, 5.41) is 1.47. The molecule has 5 nitrogen and oxygen atoms in total. The second kappa shape index (κ2) is 14.4. The number of benzene rings is 3. The molecule has 8 rings (SSSR count). The highest BCUT2D eigenvalue weighted by atomic mass is 19.4. The lowest BCUT2D eigenvalue weighted by atomic mass is 10.0. The number of pyridine rings is 1. The van der Waals surface area contributed by atoms with E-state index in [0.717, 1.165) is 76.8 Å². The maximum atomic E-state index is 13.7. The third-order valence-electron chi connectivity index (χ3n) is 10.4. The van der Waals surface area contributed by atoms with Gasteiger partial charge in [0, 0.05) is 86.7 Å². The number of para-hydroxylation sites is 2. The van der Waals surface area contributed by atoms with Crippen molar-refractivity contribution in [1.82, 2.24) is 23.9 Å². The maximum absolute atomic E-state index is 13.7. The first-order valence-electron chi connectivity index (χ1n) is 17.6. The predicted octanol–water partition coefficient (Wildman–Crippen LogP) is 9.18. The van der Waals surface area contributed by atoms with E-state index >= 15 is 0 Å². The van der Waals surface area contributed by atoms with Crippen LogP contribution in [0.1, 0.15) is 44.8 Å². The Morgan fingerprint density at radius 1 is 0.577 bits per heavy atom. The smallest absolute Gasteiger partial charge is 0.343 e. The number of nitrogens with zero attached hydrogens (tertiary/aromatic N) is 5. The minimum Gasteiger partial charge on any atom is -0.343 e. The Kier molecular flexibility index (Phi) is 9.93. The molecule has 52 heavy (non-hydrogen) atoms. The van der Waals surface area contributed by atoms with Gasteiger partial charge in [-0.25, -0.2) is 0 Å². The molecule has 11 heteroatoms. The van der Waals surface area contributed by atoms with E-state index in [1.807, 2.05) is 77.8 Å². The number of halogens is 6. The predicted molar refractivity (Wildman–Crippen MR) is 192 cm³/mol. The fraction of sp³-hybridized carbons (Fsp3) is 0.341. The Balaban J connectivity index is 0.000000162. The molecule has 0 unspecified atom stereocenters. The van der Waals surface area contributed by atoms with Gasteiger partial charge in [0.1, 0.15) is 0 Å². The van der Waals surface area contributed by atoms with Crippen molar-refractivity contribution in [3.63, 3.8) is 0 Å². The van der Waals surface area contributed by atoms with E-state index in [-0.39, 0.29) is 0 Å². The topological polar surface area (TPSA) is 29.2 Å². The van der Waals surface area contributed by atoms with Crippen molar-refractivity contribution >= 4 is 21.8 Å². The van der Waals surface area contributed by atoms with Crippen LogP contribution in [0.5, 0.6) is 0 Å². The number of alkyl halides is 6. The standard InChI is InChI=1S/C21H21F3N2.C20H20F3N3/c1-25-12-11-19-17(14-25)16-8-5-9-18(21(22,23)24)20(16)26(19)13-10-15-6-3-2-4-7-15;1-25-10-8-18-16(13-25)15-5-2-6-17(20(21,22)23)19(15)26(18)11-7-14-4-3-9-24-12-14/h2-9H,10-14H2,1H3;2-6,9,12H,7-8,10-11,13H2,1H3. The van der Waals surface area contributed by atoms with Crippen LogP contribution in [-0.2, 0) is 64.2 Å². The van der Waals surface area contributed by atoms with E-state index in [9.17, 15) is 26.3 Å². The zero-order valence-corrected chi connectivity index (χ0v) is 29.2. The molecule has 0 radical (unpaired) electrons. The molecule has 0 aliphatic carbocycles. The van der Waals surface area contributed by atoms with Gasteiger partial charge in [-0.1, -0.05) is 60.7 Å². The van der Waals surface area contributed by atoms with Crippen molar-refractivity contribution < 1.29 is 26.3 Å². The normalized spacial score (nSPS) is 15.4. The van der Waals surface area contributed by atoms with E-state index in [4.69, 9.17) is 0 Å². The second-order valence-electron chi connectivity index (χ2n) is 13.9. The Morgan fingerprint density at radius 3 is 1.52 bits per heavy atom. The van der Waals surface area contributed by atoms with Crippen LogP contribution in [0.4, 0.5) is 26.3 Å². The summed E-state index contributed by atoms with van der Waals surface area (Å²) in [6.45, 7) is 4.20. The molecule has 5 heterocycles. The third-order valence-corrected chi connectivity index (χ3v) is 10.4. The van der Waals surface area contributed by atoms with Gasteiger partial charge in [-0.05, 0) is 67.4 Å². The molecule has 0 amide bonds. The first-order valence-corrected chi connectivity index (χ1v) is 17.6. The Bertz CT molecular complexity index is 2010. The Morgan fingerprint density at radius 2 is 1.06 bits per heavy atom. The molecule has 3 aromatic carbocycles. The number of hydrogen-bond acceptors (Lipinski definition) is 3. The lowest BCUT2D eigenvalue weighted by molar-refractivity contribution is -0.137. The van der Waals surface area contributed by atoms with Crippen molar-refractivity contribution in [2.24, 2.45) is 0 Å². The van der Waals surface area contributed by atoms with E-state index in [1.54, 1.807) is 12.4 Å². The molecule has 0 saturated carbocycles. The molecule has 6 aromatic rings. The molecule has 3 aromatic heterocycles. The number of aryl methyl sites for hydroxylation is 4. The van der Waals surface area contributed by atoms with Gasteiger partial charge in [0.25, 0.3) is 0 Å². The highest BCUT2D eigenvalue weighted by Crippen LogP contribution is 2.41. The molecule has 272 valence electrons. The lowest BCUT2D eigenvalue weighted by Gasteiger charge is -2.24. The second-order valence-corrected chi connectivity index (χ2v) is 13.9. The SMILES string of the molecule is CN1CCc2c(c3cccc(C(F)(F)F)c3n2CCc2ccccc2)C1.CN1CCc2c(c3cccc(C(F)(F)F)c3n2CCc2cccnc2)C1. The van der Waals surface area contributed by atoms with Crippen LogP contribution in [0, 0.1) is 0 Å². The van der Waals surface area contributed by atoms with Crippen LogP contribution < -0.4 is 0 Å². The molecule has 0 N–H and O–H groups in total. The van der Waals surface area contributed by atoms with Crippen molar-refractivity contribution in [2.75, 3.05) is 27.2 Å². The zero-order valence-electron chi connectivity index (χ0n) is 29.2. The molecular weight excluding hydrogens is 676 g/mol. The van der Waals surface area contributed by atoms with Crippen molar-refractivity contribution in [3.05, 3.63) is 136 Å². The number of likely N-dealkylation sites (N-methyl/N-ethyl adjacent to an activating group) is 2. The van der Waals surface area contributed by atoms with E-state index < -0.39 is 23.5 Å². The molecule has 0 bridgehead atoms. The quantitative estimate of drug-likeness (QED) is 0.161. The summed E-state index contributed by atoms with van der Waals surface area (Å²) >= 11 is 0. The van der Waals surface area contributed by atoms with Gasteiger partial charge in [-0.3, -0.25) is 4.98 Å². The largest absolute Gasteiger partial charge is 0.418 e. The minimum absolute atomic E-state index is 0.323. The molecule has 0 spiro atoms. The van der Waals surface area contributed by atoms with Crippen molar-refractivity contribution in [1.29, 1.82) is 0 Å². The Labute approximate surface area is 299 Å². The van der Waals surface area contributed by atoms with E-state index in [1.165, 1.54) is 24.3 Å². The van der Waals surface area contributed by atoms with Gasteiger partial charge < -0.3 is 18.9 Å². The van der Waals surface area contributed by atoms with Gasteiger partial charge in [-0.2, -0.15) is 26.3 Å². The summed E-state index contributed by atoms with van der Waals surface area (Å²) in [4.78, 5) is 8.44. The molecular formula is C41H41F6N5. The van der Waals surface area contributed by atoms with Crippen LogP contribution in [0.3, 0.4) is 0 Å². The van der Waals surface area contributed by atoms with Gasteiger partial charge in [0.15, 0.2) is 0 Å². The molecule has 0 saturated heterocycles. The highest BCUT2D eigenvalue weighted by molar-refractivity contribution is 5.90. The Hall–Kier alpha value is -4.61. The lowest BCUT2D eigenvalue weighted by Crippen LogP contribution is -2.27. The van der Waals surface area contributed by atoms with Crippen LogP contribution in [0.15, 0.2) is 91.3 Å². The first kappa shape index (κ1) is 35.8. The minimum atomic E-state index is -4.36. The fourth-order valence-electron chi connectivity index (χ4n) is 7.90. The van der Waals surface area contributed by atoms with Gasteiger partial charge in [0.2, 0.25) is 0 Å². The first-order chi connectivity index (χ1) is 24.9. The van der Waals surface area contributed by atoms with Crippen molar-refractivity contribution in [2.45, 2.75) is 64.2 Å². The summed E-state index contributed by atoms with van der Waals surface area (Å²) < 4.78 is 85.9. The summed E-state index contributed by atoms with van der Waals surface area (Å²) in [5.41, 5.74) is 5.95. The van der Waals surface area contributed by atoms with Crippen LogP contribution in [0.2, 0.25) is 0 Å². The zero-order chi connectivity index (χ0) is 36.6. The average molecular weight is 718 g/mol. The molecule has 0 fully saturated rings. The summed E-state index contributed by atoms with van der Waals surface area (Å²) in [6.07, 6.45) is -2.30. The summed E-state index contributed by atoms with van der Waals surface area (Å²) in [5.74, 6) is 0. The maximum Gasteiger partial charge on any atom is 0.418 e. The monoisotopic (exact) mass is 717 g/mol. The number of hydrogen-bond donors (Lipinski definition) is 0. The van der Waals surface area contributed by atoms with Crippen LogP contribution >= 0.6 is 0 Å². The molecule has 0 atom stereocenters. The third kappa shape index (κ3) is 7.21. The van der Waals surface area contributed by atoms with E-state index in [0.29, 0.717) is 43.6 Å². The number of fused-ring (bicyclic) bond motifs is 6. The molecule has 2 aliphatic heterocycles. The number of aromatic nitrogens is 3. The summed E-state index contributed by atoms with van der Waals surface area (Å²) in [6, 6.07) is 22.9. The summed E-state index contributed by atoms with van der Waals surface area (Å²) in [7, 11) is 4.03. The van der Waals surface area contributed by atoms with Crippen LogP contribution in [0.25, 0.3) is 21.8 Å².